The van der Waals surface area contributed by atoms with Gasteiger partial charge in [0.25, 0.3) is 0 Å². The van der Waals surface area contributed by atoms with Crippen molar-refractivity contribution in [3.8, 4) is 12.3 Å². The molecule has 0 aliphatic carbocycles. The normalized spacial score (nSPS) is 9.58. The summed E-state index contributed by atoms with van der Waals surface area (Å²) in [4.78, 5) is 3.89. The van der Waals surface area contributed by atoms with Crippen molar-refractivity contribution in [3.05, 3.63) is 42.2 Å². The molecule has 0 saturated carbocycles. The van der Waals surface area contributed by atoms with E-state index in [0.717, 1.165) is 16.3 Å². The van der Waals surface area contributed by atoms with Gasteiger partial charge in [0.2, 0.25) is 0 Å². The van der Waals surface area contributed by atoms with Crippen molar-refractivity contribution in [1.29, 1.82) is 0 Å². The van der Waals surface area contributed by atoms with E-state index in [9.17, 15) is 0 Å². The Morgan fingerprint density at radius 2 is 2.25 bits per heavy atom. The molecule has 1 radical (unpaired) electrons. The summed E-state index contributed by atoms with van der Waals surface area (Å²) in [5, 5.41) is 2.08. The summed E-state index contributed by atoms with van der Waals surface area (Å²) in [6.07, 6.45) is 9.86. The number of hydrogen-bond acceptors (Lipinski definition) is 1. The maximum Gasteiger partial charge on any atom is 0.0971 e. The average molecular weight is 152 g/mol. The smallest absolute Gasteiger partial charge is 0.0971 e. The van der Waals surface area contributed by atoms with E-state index in [1.54, 1.807) is 6.20 Å². The topological polar surface area (TPSA) is 12.9 Å². The highest BCUT2D eigenvalue weighted by molar-refractivity contribution is 5.82. The van der Waals surface area contributed by atoms with Crippen LogP contribution in [0.3, 0.4) is 0 Å². The van der Waals surface area contributed by atoms with E-state index in [1.165, 1.54) is 0 Å². The summed E-state index contributed by atoms with van der Waals surface area (Å²) < 4.78 is 0. The van der Waals surface area contributed by atoms with Crippen LogP contribution >= 0.6 is 0 Å². The molecule has 0 amide bonds. The molecule has 2 aromatic rings. The zero-order valence-electron chi connectivity index (χ0n) is 6.41. The number of benzene rings is 1. The number of rotatable bonds is 0. The van der Waals surface area contributed by atoms with Crippen LogP contribution in [-0.2, 0) is 0 Å². The second-order valence-electron chi connectivity index (χ2n) is 2.50. The van der Waals surface area contributed by atoms with Gasteiger partial charge in [0, 0.05) is 17.1 Å². The minimum absolute atomic E-state index is 0.867. The fourth-order valence-corrected chi connectivity index (χ4v) is 1.11. The van der Waals surface area contributed by atoms with Gasteiger partial charge >= 0.3 is 0 Å². The molecule has 0 bridgehead atoms. The average Bonchev–Trinajstić information content (AvgIpc) is 2.17. The van der Waals surface area contributed by atoms with Gasteiger partial charge in [-0.15, -0.1) is 6.42 Å². The second-order valence-corrected chi connectivity index (χ2v) is 2.50. The standard InChI is InChI=1S/C11H6N/c1-2-9-3-4-10-5-6-12-8-11(10)7-9/h1,3-7H. The summed E-state index contributed by atoms with van der Waals surface area (Å²) in [5.74, 6) is 2.57. The lowest BCUT2D eigenvalue weighted by Gasteiger charge is -1.95. The Balaban J connectivity index is 2.78. The van der Waals surface area contributed by atoms with Gasteiger partial charge in [-0.25, -0.2) is 0 Å². The molecule has 1 heterocycles. The third kappa shape index (κ3) is 1.04. The fraction of sp³-hybridized carbons (Fsp3) is 0. The summed E-state index contributed by atoms with van der Waals surface area (Å²) in [7, 11) is 0. The predicted octanol–water partition coefficient (Wildman–Crippen LogP) is 2.02. The number of fused-ring (bicyclic) bond motifs is 1. The quantitative estimate of drug-likeness (QED) is 0.526. The van der Waals surface area contributed by atoms with Crippen LogP contribution in [-0.4, -0.2) is 4.98 Å². The van der Waals surface area contributed by atoms with Crippen LogP contribution in [0.15, 0.2) is 30.5 Å². The maximum absolute atomic E-state index is 5.26. The first-order chi connectivity index (χ1) is 5.90. The lowest BCUT2D eigenvalue weighted by Crippen LogP contribution is -1.77. The molecule has 12 heavy (non-hydrogen) atoms. The Morgan fingerprint density at radius 1 is 1.33 bits per heavy atom. The van der Waals surface area contributed by atoms with Crippen LogP contribution in [0, 0.1) is 18.5 Å². The molecule has 2 rings (SSSR count). The van der Waals surface area contributed by atoms with Crippen molar-refractivity contribution >= 4 is 10.8 Å². The largest absolute Gasteiger partial charge is 0.254 e. The zero-order valence-corrected chi connectivity index (χ0v) is 6.41. The Morgan fingerprint density at radius 3 is 3.08 bits per heavy atom. The number of aromatic nitrogens is 1. The van der Waals surface area contributed by atoms with Crippen LogP contribution in [0.5, 0.6) is 0 Å². The van der Waals surface area contributed by atoms with Gasteiger partial charge in [0.1, 0.15) is 0 Å². The molecule has 0 aliphatic rings. The van der Waals surface area contributed by atoms with Crippen molar-refractivity contribution in [1.82, 2.24) is 4.98 Å². The van der Waals surface area contributed by atoms with Crippen LogP contribution < -0.4 is 0 Å². The molecule has 0 N–H and O–H groups in total. The third-order valence-electron chi connectivity index (χ3n) is 1.73. The highest BCUT2D eigenvalue weighted by atomic mass is 14.6. The van der Waals surface area contributed by atoms with E-state index >= 15 is 0 Å². The molecule has 0 spiro atoms. The second kappa shape index (κ2) is 2.67. The summed E-state index contributed by atoms with van der Waals surface area (Å²) in [5.41, 5.74) is 0.867. The Hall–Kier alpha value is -1.81. The minimum Gasteiger partial charge on any atom is -0.254 e. The fourth-order valence-electron chi connectivity index (χ4n) is 1.11. The Labute approximate surface area is 71.1 Å². The molecule has 55 valence electrons. The molecule has 0 aliphatic heterocycles. The van der Waals surface area contributed by atoms with Crippen molar-refractivity contribution in [2.45, 2.75) is 0 Å². The van der Waals surface area contributed by atoms with E-state index in [-0.39, 0.29) is 0 Å². The first-order valence-corrected chi connectivity index (χ1v) is 3.63. The van der Waals surface area contributed by atoms with Crippen LogP contribution in [0.4, 0.5) is 0 Å². The van der Waals surface area contributed by atoms with Gasteiger partial charge in [-0.3, -0.25) is 4.98 Å². The third-order valence-corrected chi connectivity index (χ3v) is 1.73. The van der Waals surface area contributed by atoms with Crippen LogP contribution in [0.1, 0.15) is 5.56 Å². The molecule has 0 fully saturated rings. The van der Waals surface area contributed by atoms with E-state index in [2.05, 4.69) is 17.1 Å². The molecule has 0 unspecified atom stereocenters. The van der Waals surface area contributed by atoms with Gasteiger partial charge in [-0.05, 0) is 23.6 Å². The number of terminal acetylenes is 1. The maximum atomic E-state index is 5.26. The summed E-state index contributed by atoms with van der Waals surface area (Å²) >= 11 is 0. The zero-order chi connectivity index (χ0) is 8.39. The molecular weight excluding hydrogens is 146 g/mol. The lowest BCUT2D eigenvalue weighted by molar-refractivity contribution is 1.35. The first-order valence-electron chi connectivity index (χ1n) is 3.63. The summed E-state index contributed by atoms with van der Waals surface area (Å²) in [6.45, 7) is 0. The monoisotopic (exact) mass is 152 g/mol. The van der Waals surface area contributed by atoms with Gasteiger partial charge < -0.3 is 0 Å². The molecular formula is C11H6N. The summed E-state index contributed by atoms with van der Waals surface area (Å²) in [6, 6.07) is 7.73. The molecule has 1 heteroatoms. The van der Waals surface area contributed by atoms with Crippen molar-refractivity contribution in [2.24, 2.45) is 0 Å². The lowest BCUT2D eigenvalue weighted by atomic mass is 10.1. The molecule has 0 atom stereocenters. The Bertz CT molecular complexity index is 452. The van der Waals surface area contributed by atoms with E-state index in [4.69, 9.17) is 6.42 Å². The molecule has 0 saturated heterocycles. The van der Waals surface area contributed by atoms with Crippen LogP contribution in [0.25, 0.3) is 10.8 Å². The number of nitrogens with zero attached hydrogens (tertiary/aromatic N) is 1. The highest BCUT2D eigenvalue weighted by Crippen LogP contribution is 2.12. The van der Waals surface area contributed by atoms with Gasteiger partial charge in [0.05, 0.1) is 6.20 Å². The van der Waals surface area contributed by atoms with Gasteiger partial charge in [-0.2, -0.15) is 0 Å². The van der Waals surface area contributed by atoms with E-state index in [1.807, 2.05) is 24.3 Å². The Kier molecular flexibility index (Phi) is 1.53. The van der Waals surface area contributed by atoms with E-state index < -0.39 is 0 Å². The predicted molar refractivity (Wildman–Crippen MR) is 48.5 cm³/mol. The number of hydrogen-bond donors (Lipinski definition) is 0. The highest BCUT2D eigenvalue weighted by Gasteiger charge is 1.92. The molecule has 1 aromatic heterocycles. The first kappa shape index (κ1) is 6.87. The molecule has 1 nitrogen and oxygen atoms in total. The number of pyridine rings is 1. The van der Waals surface area contributed by atoms with Crippen LogP contribution in [0.2, 0.25) is 0 Å². The van der Waals surface area contributed by atoms with Crippen molar-refractivity contribution in [3.63, 3.8) is 0 Å². The van der Waals surface area contributed by atoms with Gasteiger partial charge in [-0.1, -0.05) is 12.0 Å². The van der Waals surface area contributed by atoms with Gasteiger partial charge in [0.15, 0.2) is 0 Å². The SMILES string of the molecule is C#Cc1ccc2ccn[c]c2c1. The minimum atomic E-state index is 0.867. The van der Waals surface area contributed by atoms with E-state index in [0.29, 0.717) is 0 Å². The van der Waals surface area contributed by atoms with Crippen molar-refractivity contribution in [2.75, 3.05) is 0 Å². The van der Waals surface area contributed by atoms with Crippen molar-refractivity contribution < 1.29 is 0 Å². The molecule has 1 aromatic carbocycles.